The molecule has 1 aliphatic rings. The normalized spacial score (nSPS) is 19.8. The van der Waals surface area contributed by atoms with Crippen molar-refractivity contribution >= 4 is 16.7 Å². The maximum Gasteiger partial charge on any atom is 0.418 e. The van der Waals surface area contributed by atoms with E-state index in [0.717, 1.165) is 6.20 Å². The Morgan fingerprint density at radius 3 is 2.51 bits per heavy atom. The minimum atomic E-state index is -4.73. The van der Waals surface area contributed by atoms with Crippen molar-refractivity contribution in [3.05, 3.63) is 52.0 Å². The Labute approximate surface area is 211 Å². The Bertz CT molecular complexity index is 1390. The molecule has 0 N–H and O–H groups in total. The summed E-state index contributed by atoms with van der Waals surface area (Å²) in [5.41, 5.74) is 0.336. The number of nitriles is 1. The van der Waals surface area contributed by atoms with Crippen molar-refractivity contribution < 1.29 is 17.6 Å². The maximum atomic E-state index is 13.7. The molecular formula is C25H29F4N7O. The first-order chi connectivity index (χ1) is 17.5. The van der Waals surface area contributed by atoms with E-state index >= 15 is 0 Å². The molecule has 8 nitrogen and oxygen atoms in total. The number of piperazine rings is 1. The minimum absolute atomic E-state index is 0.0363. The van der Waals surface area contributed by atoms with Gasteiger partial charge in [-0.3, -0.25) is 19.4 Å². The highest BCUT2D eigenvalue weighted by Crippen LogP contribution is 2.38. The molecule has 3 aromatic heterocycles. The van der Waals surface area contributed by atoms with Gasteiger partial charge in [-0.1, -0.05) is 13.8 Å². The van der Waals surface area contributed by atoms with Crippen LogP contribution in [0, 0.1) is 17.1 Å². The fraction of sp³-hybridized carbons (Fsp3) is 0.520. The van der Waals surface area contributed by atoms with Crippen LogP contribution in [0.3, 0.4) is 0 Å². The van der Waals surface area contributed by atoms with Gasteiger partial charge in [-0.05, 0) is 25.8 Å². The van der Waals surface area contributed by atoms with Crippen LogP contribution in [0.25, 0.3) is 11.0 Å². The van der Waals surface area contributed by atoms with Gasteiger partial charge in [-0.15, -0.1) is 0 Å². The van der Waals surface area contributed by atoms with Gasteiger partial charge < -0.3 is 9.47 Å². The number of anilines is 1. The van der Waals surface area contributed by atoms with E-state index < -0.39 is 23.6 Å². The van der Waals surface area contributed by atoms with Crippen LogP contribution in [-0.4, -0.2) is 49.4 Å². The largest absolute Gasteiger partial charge is 0.418 e. The Morgan fingerprint density at radius 2 is 1.89 bits per heavy atom. The van der Waals surface area contributed by atoms with Crippen LogP contribution in [0.1, 0.15) is 50.9 Å². The fourth-order valence-electron chi connectivity index (χ4n) is 5.23. The highest BCUT2D eigenvalue weighted by atomic mass is 19.4. The van der Waals surface area contributed by atoms with E-state index in [1.807, 2.05) is 24.8 Å². The summed E-state index contributed by atoms with van der Waals surface area (Å²) in [6.07, 6.45) is -0.943. The number of hydrogen-bond donors (Lipinski definition) is 0. The van der Waals surface area contributed by atoms with Crippen molar-refractivity contribution in [3.8, 4) is 6.07 Å². The molecule has 1 fully saturated rings. The van der Waals surface area contributed by atoms with E-state index in [1.165, 1.54) is 15.3 Å². The number of hydrogen-bond acceptors (Lipinski definition) is 6. The van der Waals surface area contributed by atoms with Crippen LogP contribution in [0.5, 0.6) is 0 Å². The summed E-state index contributed by atoms with van der Waals surface area (Å²) in [7, 11) is 1.65. The van der Waals surface area contributed by atoms with Gasteiger partial charge in [0.2, 0.25) is 0 Å². The predicted molar refractivity (Wildman–Crippen MR) is 130 cm³/mol. The van der Waals surface area contributed by atoms with E-state index in [1.54, 1.807) is 20.2 Å². The molecule has 1 unspecified atom stereocenters. The molecule has 4 heterocycles. The molecule has 198 valence electrons. The molecule has 0 bridgehead atoms. The smallest absolute Gasteiger partial charge is 0.364 e. The molecule has 0 spiro atoms. The standard InChI is InChI=1S/C25H29F4N7O/c1-5-17-13-36(20-10-22(37)33(4)21-14-34(8-7-30)32-24(20)21)18(6-2)12-35(17)15(3)23-19(25(27,28)29)9-16(26)11-31-23/h9-11,14-15,17-18H,5-6,8,12-13H2,1-4H3/t15?,17-,18+/m1/s1. The predicted octanol–water partition coefficient (Wildman–Crippen LogP) is 4.25. The first-order valence-electron chi connectivity index (χ1n) is 12.2. The number of aryl methyl sites for hydroxylation is 1. The van der Waals surface area contributed by atoms with Crippen molar-refractivity contribution in [1.82, 2.24) is 24.2 Å². The molecule has 0 saturated carbocycles. The molecule has 37 heavy (non-hydrogen) atoms. The maximum absolute atomic E-state index is 13.7. The Kier molecular flexibility index (Phi) is 7.28. The first-order valence-corrected chi connectivity index (χ1v) is 12.2. The molecule has 12 heteroatoms. The minimum Gasteiger partial charge on any atom is -0.364 e. The third-order valence-corrected chi connectivity index (χ3v) is 7.24. The second-order valence-corrected chi connectivity index (χ2v) is 9.38. The zero-order valence-corrected chi connectivity index (χ0v) is 21.1. The van der Waals surface area contributed by atoms with Gasteiger partial charge in [0.05, 0.1) is 47.0 Å². The monoisotopic (exact) mass is 519 g/mol. The van der Waals surface area contributed by atoms with Crippen LogP contribution >= 0.6 is 0 Å². The molecule has 1 aliphatic heterocycles. The van der Waals surface area contributed by atoms with E-state index in [4.69, 9.17) is 5.26 Å². The molecule has 1 saturated heterocycles. The second kappa shape index (κ2) is 10.1. The topological polar surface area (TPSA) is 83.0 Å². The SMILES string of the molecule is CC[C@H]1CN(C(C)c2ncc(F)cc2C(F)(F)F)[C@H](CC)CN1c1cc(=O)n(C)c2cn(CC#N)nc12. The van der Waals surface area contributed by atoms with Crippen LogP contribution in [0.2, 0.25) is 0 Å². The molecule has 0 amide bonds. The number of fused-ring (bicyclic) bond motifs is 1. The van der Waals surface area contributed by atoms with Crippen molar-refractivity contribution in [3.63, 3.8) is 0 Å². The number of aromatic nitrogens is 4. The summed E-state index contributed by atoms with van der Waals surface area (Å²) in [5.74, 6) is -1.03. The molecular weight excluding hydrogens is 490 g/mol. The van der Waals surface area contributed by atoms with E-state index in [0.29, 0.717) is 48.7 Å². The molecule has 0 aliphatic carbocycles. The van der Waals surface area contributed by atoms with Gasteiger partial charge in [0.25, 0.3) is 5.56 Å². The second-order valence-electron chi connectivity index (χ2n) is 9.38. The molecule has 0 aromatic carbocycles. The van der Waals surface area contributed by atoms with Crippen LogP contribution in [0.15, 0.2) is 29.3 Å². The van der Waals surface area contributed by atoms with Crippen LogP contribution in [-0.2, 0) is 19.8 Å². The average molecular weight is 520 g/mol. The molecule has 4 rings (SSSR count). The van der Waals surface area contributed by atoms with Gasteiger partial charge in [-0.2, -0.15) is 23.5 Å². The lowest BCUT2D eigenvalue weighted by molar-refractivity contribution is -0.139. The van der Waals surface area contributed by atoms with E-state index in [-0.39, 0.29) is 29.9 Å². The van der Waals surface area contributed by atoms with E-state index in [2.05, 4.69) is 15.0 Å². The summed E-state index contributed by atoms with van der Waals surface area (Å²) in [6.45, 7) is 6.52. The lowest BCUT2D eigenvalue weighted by Gasteiger charge is -2.49. The number of halogens is 4. The highest BCUT2D eigenvalue weighted by molar-refractivity contribution is 5.88. The van der Waals surface area contributed by atoms with Gasteiger partial charge in [0.1, 0.15) is 17.9 Å². The van der Waals surface area contributed by atoms with Crippen LogP contribution < -0.4 is 10.5 Å². The lowest BCUT2D eigenvalue weighted by Crippen LogP contribution is -2.59. The summed E-state index contributed by atoms with van der Waals surface area (Å²) in [5, 5.41) is 13.7. The van der Waals surface area contributed by atoms with Crippen molar-refractivity contribution in [2.45, 2.75) is 64.5 Å². The summed E-state index contributed by atoms with van der Waals surface area (Å²) in [6, 6.07) is 3.08. The lowest BCUT2D eigenvalue weighted by atomic mass is 9.96. The van der Waals surface area contributed by atoms with Gasteiger partial charge in [0.15, 0.2) is 0 Å². The Balaban J connectivity index is 1.75. The fourth-order valence-corrected chi connectivity index (χ4v) is 5.23. The zero-order chi connectivity index (χ0) is 27.1. The number of rotatable bonds is 6. The quantitative estimate of drug-likeness (QED) is 0.453. The average Bonchev–Trinajstić information content (AvgIpc) is 3.29. The zero-order valence-electron chi connectivity index (χ0n) is 21.1. The Morgan fingerprint density at radius 1 is 1.19 bits per heavy atom. The number of nitrogens with zero attached hydrogens (tertiary/aromatic N) is 7. The molecule has 0 radical (unpaired) electrons. The van der Waals surface area contributed by atoms with Crippen LogP contribution in [0.4, 0.5) is 23.2 Å². The highest BCUT2D eigenvalue weighted by Gasteiger charge is 2.41. The molecule has 3 atom stereocenters. The first kappa shape index (κ1) is 26.6. The summed E-state index contributed by atoms with van der Waals surface area (Å²) >= 11 is 0. The summed E-state index contributed by atoms with van der Waals surface area (Å²) < 4.78 is 57.9. The molecule has 3 aromatic rings. The van der Waals surface area contributed by atoms with Crippen molar-refractivity contribution in [1.29, 1.82) is 5.26 Å². The van der Waals surface area contributed by atoms with Gasteiger partial charge >= 0.3 is 6.18 Å². The Hall–Kier alpha value is -3.46. The summed E-state index contributed by atoms with van der Waals surface area (Å²) in [4.78, 5) is 20.8. The number of pyridine rings is 2. The third-order valence-electron chi connectivity index (χ3n) is 7.24. The van der Waals surface area contributed by atoms with Crippen molar-refractivity contribution in [2.75, 3.05) is 18.0 Å². The number of alkyl halides is 3. The van der Waals surface area contributed by atoms with Crippen molar-refractivity contribution in [2.24, 2.45) is 7.05 Å². The van der Waals surface area contributed by atoms with E-state index in [9.17, 15) is 22.4 Å². The van der Waals surface area contributed by atoms with Gasteiger partial charge in [-0.25, -0.2) is 4.39 Å². The third kappa shape index (κ3) is 4.92. The van der Waals surface area contributed by atoms with Gasteiger partial charge in [0, 0.05) is 38.3 Å².